The highest BCUT2D eigenvalue weighted by molar-refractivity contribution is 5.95. The average Bonchev–Trinajstić information content (AvgIpc) is 2.27. The van der Waals surface area contributed by atoms with Gasteiger partial charge in [0.1, 0.15) is 0 Å². The van der Waals surface area contributed by atoms with Crippen LogP contribution in [-0.2, 0) is 0 Å². The van der Waals surface area contributed by atoms with Gasteiger partial charge in [0.15, 0.2) is 0 Å². The van der Waals surface area contributed by atoms with Gasteiger partial charge in [-0.1, -0.05) is 0 Å². The van der Waals surface area contributed by atoms with Crippen LogP contribution < -0.4 is 11.1 Å². The Morgan fingerprint density at radius 3 is 2.63 bits per heavy atom. The van der Waals surface area contributed by atoms with Crippen molar-refractivity contribution >= 4 is 24.0 Å². The minimum Gasteiger partial charge on any atom is -0.352 e. The molecule has 0 aromatic heterocycles. The summed E-state index contributed by atoms with van der Waals surface area (Å²) in [5, 5.41) is 13.4. The fourth-order valence-corrected chi connectivity index (χ4v) is 1.51. The van der Waals surface area contributed by atoms with Gasteiger partial charge in [-0.15, -0.1) is 12.4 Å². The van der Waals surface area contributed by atoms with Gasteiger partial charge < -0.3 is 11.1 Å². The molecule has 1 aromatic rings. The maximum atomic E-state index is 11.8. The standard InChI is InChI=1S/C12H17N3O3.ClH/c1-8-5-10(7-11(6-8)15(17)18)12(16)14-4-3-9(2)13;/h5-7,9H,3-4,13H2,1-2H3,(H,14,16);1H. The summed E-state index contributed by atoms with van der Waals surface area (Å²) in [5.74, 6) is -0.317. The summed E-state index contributed by atoms with van der Waals surface area (Å²) in [4.78, 5) is 22.0. The molecule has 0 bridgehead atoms. The third-order valence-electron chi connectivity index (χ3n) is 2.42. The Kier molecular flexibility index (Phi) is 7.03. The van der Waals surface area contributed by atoms with Gasteiger partial charge in [-0.2, -0.15) is 0 Å². The van der Waals surface area contributed by atoms with E-state index in [4.69, 9.17) is 5.73 Å². The van der Waals surface area contributed by atoms with E-state index in [-0.39, 0.29) is 30.0 Å². The van der Waals surface area contributed by atoms with Crippen LogP contribution in [0.2, 0.25) is 0 Å². The van der Waals surface area contributed by atoms with E-state index in [1.54, 1.807) is 13.0 Å². The normalized spacial score (nSPS) is 11.3. The molecule has 7 heteroatoms. The molecule has 1 aromatic carbocycles. The highest BCUT2D eigenvalue weighted by Gasteiger charge is 2.12. The number of amides is 1. The van der Waals surface area contributed by atoms with Gasteiger partial charge in [0.05, 0.1) is 4.92 Å². The molecular formula is C12H18ClN3O3. The number of hydrogen-bond acceptors (Lipinski definition) is 4. The molecule has 1 amide bonds. The lowest BCUT2D eigenvalue weighted by Gasteiger charge is -2.07. The lowest BCUT2D eigenvalue weighted by Crippen LogP contribution is -2.29. The first-order chi connectivity index (χ1) is 8.40. The molecular weight excluding hydrogens is 270 g/mol. The van der Waals surface area contributed by atoms with Crippen molar-refractivity contribution in [3.05, 3.63) is 39.4 Å². The molecule has 0 aliphatic carbocycles. The summed E-state index contributed by atoms with van der Waals surface area (Å²) >= 11 is 0. The van der Waals surface area contributed by atoms with Crippen LogP contribution in [0.3, 0.4) is 0 Å². The van der Waals surface area contributed by atoms with Crippen LogP contribution in [0.15, 0.2) is 18.2 Å². The summed E-state index contributed by atoms with van der Waals surface area (Å²) in [6.07, 6.45) is 0.666. The van der Waals surface area contributed by atoms with E-state index in [1.807, 2.05) is 6.92 Å². The fraction of sp³-hybridized carbons (Fsp3) is 0.417. The van der Waals surface area contributed by atoms with Gasteiger partial charge in [0.25, 0.3) is 11.6 Å². The van der Waals surface area contributed by atoms with Crippen molar-refractivity contribution in [3.63, 3.8) is 0 Å². The number of nitrogens with two attached hydrogens (primary N) is 1. The smallest absolute Gasteiger partial charge is 0.270 e. The summed E-state index contributed by atoms with van der Waals surface area (Å²) in [6, 6.07) is 4.33. The van der Waals surface area contributed by atoms with Gasteiger partial charge in [-0.05, 0) is 31.9 Å². The summed E-state index contributed by atoms with van der Waals surface area (Å²) < 4.78 is 0. The molecule has 0 fully saturated rings. The molecule has 0 aliphatic heterocycles. The van der Waals surface area contributed by atoms with Gasteiger partial charge in [0, 0.05) is 30.3 Å². The quantitative estimate of drug-likeness (QED) is 0.637. The zero-order valence-electron chi connectivity index (χ0n) is 10.9. The van der Waals surface area contributed by atoms with E-state index in [2.05, 4.69) is 5.32 Å². The van der Waals surface area contributed by atoms with Gasteiger partial charge in [-0.3, -0.25) is 14.9 Å². The predicted octanol–water partition coefficient (Wildman–Crippen LogP) is 1.79. The number of carbonyl (C=O) groups excluding carboxylic acids is 1. The largest absolute Gasteiger partial charge is 0.352 e. The van der Waals surface area contributed by atoms with Crippen LogP contribution in [-0.4, -0.2) is 23.4 Å². The summed E-state index contributed by atoms with van der Waals surface area (Å²) in [5.41, 5.74) is 6.47. The second-order valence-corrected chi connectivity index (χ2v) is 4.34. The van der Waals surface area contributed by atoms with Crippen molar-refractivity contribution in [2.24, 2.45) is 5.73 Å². The minimum absolute atomic E-state index is 0. The number of benzene rings is 1. The Balaban J connectivity index is 0.00000324. The molecule has 1 rings (SSSR count). The van der Waals surface area contributed by atoms with Gasteiger partial charge in [-0.25, -0.2) is 0 Å². The van der Waals surface area contributed by atoms with Crippen molar-refractivity contribution in [1.82, 2.24) is 5.32 Å². The number of nitrogens with zero attached hydrogens (tertiary/aromatic N) is 1. The van der Waals surface area contributed by atoms with Crippen LogP contribution in [0.25, 0.3) is 0 Å². The first kappa shape index (κ1) is 17.3. The van der Waals surface area contributed by atoms with E-state index in [1.165, 1.54) is 12.1 Å². The highest BCUT2D eigenvalue weighted by atomic mass is 35.5. The topological polar surface area (TPSA) is 98.3 Å². The first-order valence-corrected chi connectivity index (χ1v) is 5.70. The number of aryl methyl sites for hydroxylation is 1. The number of halogens is 1. The van der Waals surface area contributed by atoms with Crippen molar-refractivity contribution < 1.29 is 9.72 Å². The number of non-ortho nitro benzene ring substituents is 1. The van der Waals surface area contributed by atoms with E-state index < -0.39 is 4.92 Å². The number of nitrogens with one attached hydrogen (secondary N) is 1. The Hall–Kier alpha value is -1.66. The third kappa shape index (κ3) is 5.67. The minimum atomic E-state index is -0.508. The molecule has 3 N–H and O–H groups in total. The molecule has 0 radical (unpaired) electrons. The monoisotopic (exact) mass is 287 g/mol. The SMILES string of the molecule is Cc1cc(C(=O)NCCC(C)N)cc([N+](=O)[O-])c1.Cl. The molecule has 1 atom stereocenters. The molecule has 106 valence electrons. The zero-order chi connectivity index (χ0) is 13.7. The molecule has 0 spiro atoms. The average molecular weight is 288 g/mol. The molecule has 1 unspecified atom stereocenters. The maximum absolute atomic E-state index is 11.8. The number of nitro benzene ring substituents is 1. The van der Waals surface area contributed by atoms with Crippen LogP contribution in [0.4, 0.5) is 5.69 Å². The molecule has 0 aliphatic rings. The lowest BCUT2D eigenvalue weighted by molar-refractivity contribution is -0.384. The van der Waals surface area contributed by atoms with Crippen LogP contribution >= 0.6 is 12.4 Å². The van der Waals surface area contributed by atoms with E-state index in [0.29, 0.717) is 24.1 Å². The van der Waals surface area contributed by atoms with Crippen molar-refractivity contribution in [2.45, 2.75) is 26.3 Å². The van der Waals surface area contributed by atoms with Crippen LogP contribution in [0, 0.1) is 17.0 Å². The van der Waals surface area contributed by atoms with Gasteiger partial charge >= 0.3 is 0 Å². The maximum Gasteiger partial charge on any atom is 0.270 e. The van der Waals surface area contributed by atoms with Crippen molar-refractivity contribution in [3.8, 4) is 0 Å². The number of carbonyl (C=O) groups is 1. The summed E-state index contributed by atoms with van der Waals surface area (Å²) in [7, 11) is 0. The second-order valence-electron chi connectivity index (χ2n) is 4.34. The third-order valence-corrected chi connectivity index (χ3v) is 2.42. The Labute approximate surface area is 117 Å². The fourth-order valence-electron chi connectivity index (χ4n) is 1.51. The van der Waals surface area contributed by atoms with Gasteiger partial charge in [0.2, 0.25) is 0 Å². The Bertz CT molecular complexity index is 464. The van der Waals surface area contributed by atoms with E-state index >= 15 is 0 Å². The molecule has 19 heavy (non-hydrogen) atoms. The Morgan fingerprint density at radius 1 is 1.47 bits per heavy atom. The molecule has 0 saturated carbocycles. The first-order valence-electron chi connectivity index (χ1n) is 5.70. The molecule has 0 saturated heterocycles. The summed E-state index contributed by atoms with van der Waals surface area (Å²) in [6.45, 7) is 4.02. The number of rotatable bonds is 5. The lowest BCUT2D eigenvalue weighted by atomic mass is 10.1. The number of hydrogen-bond donors (Lipinski definition) is 2. The zero-order valence-corrected chi connectivity index (χ0v) is 11.7. The van der Waals surface area contributed by atoms with Crippen LogP contribution in [0.5, 0.6) is 0 Å². The van der Waals surface area contributed by atoms with E-state index in [9.17, 15) is 14.9 Å². The van der Waals surface area contributed by atoms with Crippen molar-refractivity contribution in [2.75, 3.05) is 6.54 Å². The molecule has 6 nitrogen and oxygen atoms in total. The molecule has 0 heterocycles. The predicted molar refractivity (Wildman–Crippen MR) is 75.7 cm³/mol. The van der Waals surface area contributed by atoms with Crippen molar-refractivity contribution in [1.29, 1.82) is 0 Å². The number of nitro groups is 1. The highest BCUT2D eigenvalue weighted by Crippen LogP contribution is 2.16. The second kappa shape index (κ2) is 7.70. The van der Waals surface area contributed by atoms with E-state index in [0.717, 1.165) is 0 Å². The Morgan fingerprint density at radius 2 is 2.11 bits per heavy atom. The van der Waals surface area contributed by atoms with Crippen LogP contribution in [0.1, 0.15) is 29.3 Å².